The summed E-state index contributed by atoms with van der Waals surface area (Å²) in [6, 6.07) is 78.1. The van der Waals surface area contributed by atoms with Crippen LogP contribution in [0.1, 0.15) is 0 Å². The van der Waals surface area contributed by atoms with Crippen molar-refractivity contribution >= 4 is 60.8 Å². The summed E-state index contributed by atoms with van der Waals surface area (Å²) in [6.45, 7) is 0. The molecule has 0 fully saturated rings. The maximum Gasteiger partial charge on any atom is 0.159 e. The average molecular weight is 729 g/mol. The Hall–Kier alpha value is -7.62. The molecule has 0 aliphatic heterocycles. The van der Waals surface area contributed by atoms with Crippen molar-refractivity contribution in [1.82, 2.24) is 4.57 Å². The molecule has 2 heterocycles. The first-order valence-corrected chi connectivity index (χ1v) is 19.4. The normalized spacial score (nSPS) is 11.5. The van der Waals surface area contributed by atoms with Crippen LogP contribution in [0.2, 0.25) is 0 Å². The summed E-state index contributed by atoms with van der Waals surface area (Å²) in [5, 5.41) is 4.53. The highest BCUT2D eigenvalue weighted by molar-refractivity contribution is 6.18. The molecule has 0 bridgehead atoms. The van der Waals surface area contributed by atoms with Crippen molar-refractivity contribution < 1.29 is 4.42 Å². The fraction of sp³-hybridized carbons (Fsp3) is 0. The number of hydrogen-bond acceptors (Lipinski definition) is 2. The molecule has 0 spiro atoms. The Balaban J connectivity index is 1.24. The topological polar surface area (TPSA) is 21.3 Å². The van der Waals surface area contributed by atoms with Crippen molar-refractivity contribution in [3.63, 3.8) is 0 Å². The van der Waals surface area contributed by atoms with Gasteiger partial charge in [0, 0.05) is 32.8 Å². The van der Waals surface area contributed by atoms with Gasteiger partial charge in [-0.1, -0.05) is 170 Å². The zero-order chi connectivity index (χ0) is 37.7. The molecule has 0 N–H and O–H groups in total. The zero-order valence-electron chi connectivity index (χ0n) is 31.1. The standard InChI is InChI=1S/C54H36N2O/c1-4-18-37(19-5-1)41-35-34-40(36-46(41)39-22-8-3-9-23-39)55(51-32-16-27-44-43-25-12-15-33-52(43)57-54(44)51)49-30-17-31-50-53(49)45-26-11-14-29-48(45)56(50)47-28-13-10-24-42(47)38-20-6-2-7-21-38/h1-36H. The number of furan rings is 1. The molecule has 3 heteroatoms. The molecule has 9 aromatic carbocycles. The van der Waals surface area contributed by atoms with Gasteiger partial charge in [0.15, 0.2) is 5.58 Å². The summed E-state index contributed by atoms with van der Waals surface area (Å²) in [5.74, 6) is 0. The molecule has 0 aliphatic rings. The van der Waals surface area contributed by atoms with Crippen LogP contribution in [-0.4, -0.2) is 4.57 Å². The third-order valence-corrected chi connectivity index (χ3v) is 11.2. The third-order valence-electron chi connectivity index (χ3n) is 11.2. The van der Waals surface area contributed by atoms with Gasteiger partial charge in [0.25, 0.3) is 0 Å². The second-order valence-electron chi connectivity index (χ2n) is 14.5. The van der Waals surface area contributed by atoms with E-state index in [1.165, 1.54) is 27.6 Å². The summed E-state index contributed by atoms with van der Waals surface area (Å²) in [6.07, 6.45) is 0. The van der Waals surface area contributed by atoms with Crippen LogP contribution in [0, 0.1) is 0 Å². The van der Waals surface area contributed by atoms with Crippen LogP contribution >= 0.6 is 0 Å². The monoisotopic (exact) mass is 728 g/mol. The molecule has 0 unspecified atom stereocenters. The maximum atomic E-state index is 6.81. The summed E-state index contributed by atoms with van der Waals surface area (Å²) in [5.41, 5.74) is 15.3. The van der Waals surface area contributed by atoms with Gasteiger partial charge in [-0.05, 0) is 76.3 Å². The molecule has 57 heavy (non-hydrogen) atoms. The van der Waals surface area contributed by atoms with Crippen molar-refractivity contribution in [2.24, 2.45) is 0 Å². The van der Waals surface area contributed by atoms with Crippen LogP contribution in [-0.2, 0) is 0 Å². The Bertz CT molecular complexity index is 3230. The van der Waals surface area contributed by atoms with Crippen LogP contribution in [0.25, 0.3) is 82.8 Å². The highest BCUT2D eigenvalue weighted by atomic mass is 16.3. The molecule has 0 saturated carbocycles. The van der Waals surface area contributed by atoms with Gasteiger partial charge in [-0.2, -0.15) is 0 Å². The van der Waals surface area contributed by atoms with Gasteiger partial charge in [-0.3, -0.25) is 0 Å². The highest BCUT2D eigenvalue weighted by Gasteiger charge is 2.25. The van der Waals surface area contributed by atoms with E-state index in [0.29, 0.717) is 0 Å². The van der Waals surface area contributed by atoms with E-state index in [4.69, 9.17) is 4.42 Å². The number of para-hydroxylation sites is 4. The molecular formula is C54H36N2O. The Labute approximate surface area is 330 Å². The molecule has 3 nitrogen and oxygen atoms in total. The van der Waals surface area contributed by atoms with E-state index in [9.17, 15) is 0 Å². The summed E-state index contributed by atoms with van der Waals surface area (Å²) in [4.78, 5) is 2.41. The van der Waals surface area contributed by atoms with Gasteiger partial charge in [-0.15, -0.1) is 0 Å². The molecule has 11 aromatic rings. The van der Waals surface area contributed by atoms with Crippen LogP contribution < -0.4 is 4.90 Å². The number of benzene rings is 9. The number of anilines is 3. The predicted molar refractivity (Wildman–Crippen MR) is 239 cm³/mol. The maximum absolute atomic E-state index is 6.81. The van der Waals surface area contributed by atoms with Crippen LogP contribution in [0.4, 0.5) is 17.1 Å². The molecule has 0 amide bonds. The highest BCUT2D eigenvalue weighted by Crippen LogP contribution is 2.49. The Morgan fingerprint density at radius 2 is 0.930 bits per heavy atom. The lowest BCUT2D eigenvalue weighted by Crippen LogP contribution is -2.11. The number of nitrogens with zero attached hydrogens (tertiary/aromatic N) is 2. The number of fused-ring (bicyclic) bond motifs is 6. The number of hydrogen-bond donors (Lipinski definition) is 0. The summed E-state index contributed by atoms with van der Waals surface area (Å²) in [7, 11) is 0. The minimum atomic E-state index is 0.849. The third kappa shape index (κ3) is 5.43. The number of rotatable bonds is 7. The Morgan fingerprint density at radius 3 is 1.70 bits per heavy atom. The van der Waals surface area contributed by atoms with Gasteiger partial charge in [0.2, 0.25) is 0 Å². The first-order chi connectivity index (χ1) is 28.3. The van der Waals surface area contributed by atoms with Crippen molar-refractivity contribution in [2.75, 3.05) is 4.90 Å². The Kier molecular flexibility index (Phi) is 7.82. The van der Waals surface area contributed by atoms with Gasteiger partial charge in [0.1, 0.15) is 5.58 Å². The largest absolute Gasteiger partial charge is 0.454 e. The molecule has 11 rings (SSSR count). The molecule has 0 atom stereocenters. The molecule has 2 aromatic heterocycles. The molecule has 0 radical (unpaired) electrons. The SMILES string of the molecule is c1ccc(-c2ccc(N(c3cccc4c3oc3ccccc34)c3cccc4c3c3ccccc3n4-c3ccccc3-c3ccccc3)cc2-c2ccccc2)cc1. The quantitative estimate of drug-likeness (QED) is 0.163. The van der Waals surface area contributed by atoms with Gasteiger partial charge in [-0.25, -0.2) is 0 Å². The Morgan fingerprint density at radius 1 is 0.368 bits per heavy atom. The van der Waals surface area contributed by atoms with Crippen molar-refractivity contribution in [3.05, 3.63) is 218 Å². The molecule has 0 aliphatic carbocycles. The van der Waals surface area contributed by atoms with E-state index in [2.05, 4.69) is 222 Å². The fourth-order valence-corrected chi connectivity index (χ4v) is 8.69. The summed E-state index contributed by atoms with van der Waals surface area (Å²) < 4.78 is 9.24. The molecule has 0 saturated heterocycles. The number of aromatic nitrogens is 1. The van der Waals surface area contributed by atoms with Gasteiger partial charge >= 0.3 is 0 Å². The fourth-order valence-electron chi connectivity index (χ4n) is 8.69. The van der Waals surface area contributed by atoms with Crippen molar-refractivity contribution in [2.45, 2.75) is 0 Å². The molecule has 268 valence electrons. The van der Waals surface area contributed by atoms with Crippen LogP contribution in [0.3, 0.4) is 0 Å². The van der Waals surface area contributed by atoms with Crippen LogP contribution in [0.5, 0.6) is 0 Å². The van der Waals surface area contributed by atoms with Gasteiger partial charge in [0.05, 0.1) is 28.1 Å². The van der Waals surface area contributed by atoms with E-state index < -0.39 is 0 Å². The average Bonchev–Trinajstić information content (AvgIpc) is 3.84. The van der Waals surface area contributed by atoms with E-state index in [-0.39, 0.29) is 0 Å². The van der Waals surface area contributed by atoms with Crippen molar-refractivity contribution in [1.29, 1.82) is 0 Å². The van der Waals surface area contributed by atoms with E-state index >= 15 is 0 Å². The predicted octanol–water partition coefficient (Wildman–Crippen LogP) is 15.2. The first kappa shape index (κ1) is 32.8. The minimum Gasteiger partial charge on any atom is -0.454 e. The summed E-state index contributed by atoms with van der Waals surface area (Å²) >= 11 is 0. The second kappa shape index (κ2) is 13.6. The van der Waals surface area contributed by atoms with Gasteiger partial charge < -0.3 is 13.9 Å². The first-order valence-electron chi connectivity index (χ1n) is 19.4. The van der Waals surface area contributed by atoms with E-state index in [0.717, 1.165) is 72.2 Å². The second-order valence-corrected chi connectivity index (χ2v) is 14.5. The van der Waals surface area contributed by atoms with E-state index in [1.807, 2.05) is 6.07 Å². The van der Waals surface area contributed by atoms with Crippen molar-refractivity contribution in [3.8, 4) is 39.1 Å². The molecular weight excluding hydrogens is 693 g/mol. The van der Waals surface area contributed by atoms with E-state index in [1.54, 1.807) is 0 Å². The minimum absolute atomic E-state index is 0.849. The lowest BCUT2D eigenvalue weighted by molar-refractivity contribution is 0.669. The van der Waals surface area contributed by atoms with Crippen LogP contribution in [0.15, 0.2) is 223 Å². The lowest BCUT2D eigenvalue weighted by Gasteiger charge is -2.28. The zero-order valence-corrected chi connectivity index (χ0v) is 31.1. The smallest absolute Gasteiger partial charge is 0.159 e. The lowest BCUT2D eigenvalue weighted by atomic mass is 9.93.